The van der Waals surface area contributed by atoms with E-state index in [-0.39, 0.29) is 23.3 Å². The Morgan fingerprint density at radius 1 is 1.14 bits per heavy atom. The fourth-order valence-electron chi connectivity index (χ4n) is 4.53. The number of benzene rings is 1. The maximum Gasteiger partial charge on any atom is 0.271 e. The molecule has 0 radical (unpaired) electrons. The summed E-state index contributed by atoms with van der Waals surface area (Å²) in [5.41, 5.74) is 13.4. The van der Waals surface area contributed by atoms with Gasteiger partial charge in [-0.1, -0.05) is 19.9 Å². The van der Waals surface area contributed by atoms with Crippen LogP contribution in [0.2, 0.25) is 0 Å². The number of hydrogen-bond acceptors (Lipinski definition) is 8. The third kappa shape index (κ3) is 5.22. The van der Waals surface area contributed by atoms with E-state index < -0.39 is 5.91 Å². The Labute approximate surface area is 204 Å². The van der Waals surface area contributed by atoms with E-state index in [2.05, 4.69) is 25.3 Å². The molecule has 0 bridgehead atoms. The molecule has 1 aliphatic carbocycles. The number of carbonyl (C=O) groups excluding carboxylic acids is 1. The molecule has 1 saturated heterocycles. The predicted octanol–water partition coefficient (Wildman–Crippen LogP) is 3.81. The molecule has 2 fully saturated rings. The van der Waals surface area contributed by atoms with Gasteiger partial charge in [0, 0.05) is 43.0 Å². The molecule has 184 valence electrons. The van der Waals surface area contributed by atoms with Gasteiger partial charge in [0.05, 0.1) is 17.9 Å². The number of amides is 1. The minimum atomic E-state index is -0.669. The van der Waals surface area contributed by atoms with Crippen LogP contribution in [0.5, 0.6) is 11.6 Å². The molecule has 0 unspecified atom stereocenters. The lowest BCUT2D eigenvalue weighted by Crippen LogP contribution is -2.36. The highest BCUT2D eigenvalue weighted by Gasteiger charge is 2.32. The van der Waals surface area contributed by atoms with E-state index in [1.165, 1.54) is 12.8 Å². The SMILES string of the molecule is CC(C)c1nc(C(N)=O)c(Nc2cnn(C3CCN(C4CC4)CC3)c2)nc1Oc1cccc(N)c1. The largest absolute Gasteiger partial charge is 0.437 e. The molecule has 3 heterocycles. The van der Waals surface area contributed by atoms with Crippen molar-refractivity contribution in [1.29, 1.82) is 0 Å². The second-order valence-electron chi connectivity index (χ2n) is 9.64. The van der Waals surface area contributed by atoms with Crippen LogP contribution in [0.25, 0.3) is 0 Å². The van der Waals surface area contributed by atoms with Gasteiger partial charge < -0.3 is 26.4 Å². The molecule has 1 amide bonds. The number of aromatic nitrogens is 4. The number of hydrogen-bond donors (Lipinski definition) is 3. The zero-order valence-electron chi connectivity index (χ0n) is 20.1. The van der Waals surface area contributed by atoms with E-state index in [0.29, 0.717) is 28.9 Å². The number of nitrogen functional groups attached to an aromatic ring is 1. The molecule has 5 N–H and O–H groups in total. The van der Waals surface area contributed by atoms with Crippen LogP contribution < -0.4 is 21.5 Å². The number of anilines is 3. The highest BCUT2D eigenvalue weighted by Crippen LogP contribution is 2.34. The third-order valence-corrected chi connectivity index (χ3v) is 6.54. The minimum Gasteiger partial charge on any atom is -0.437 e. The lowest BCUT2D eigenvalue weighted by molar-refractivity contribution is 0.0995. The van der Waals surface area contributed by atoms with Crippen LogP contribution in [-0.4, -0.2) is 49.7 Å². The molecule has 2 aliphatic rings. The molecule has 1 aliphatic heterocycles. The first-order valence-electron chi connectivity index (χ1n) is 12.2. The van der Waals surface area contributed by atoms with Gasteiger partial charge in [-0.3, -0.25) is 9.48 Å². The molecule has 10 heteroatoms. The molecule has 0 atom stereocenters. The van der Waals surface area contributed by atoms with Crippen molar-refractivity contribution in [2.45, 2.75) is 57.5 Å². The topological polar surface area (TPSA) is 137 Å². The quantitative estimate of drug-likeness (QED) is 0.417. The minimum absolute atomic E-state index is 0.0463. The summed E-state index contributed by atoms with van der Waals surface area (Å²) in [6.07, 6.45) is 8.50. The monoisotopic (exact) mass is 476 g/mol. The van der Waals surface area contributed by atoms with Gasteiger partial charge in [-0.15, -0.1) is 0 Å². The summed E-state index contributed by atoms with van der Waals surface area (Å²) in [5, 5.41) is 7.75. The molecule has 5 rings (SSSR count). The number of rotatable bonds is 8. The molecular weight excluding hydrogens is 444 g/mol. The van der Waals surface area contributed by atoms with Crippen LogP contribution in [0.1, 0.15) is 67.7 Å². The van der Waals surface area contributed by atoms with E-state index in [0.717, 1.165) is 32.0 Å². The molecule has 35 heavy (non-hydrogen) atoms. The Morgan fingerprint density at radius 3 is 2.57 bits per heavy atom. The maximum absolute atomic E-state index is 12.2. The zero-order valence-corrected chi connectivity index (χ0v) is 20.1. The van der Waals surface area contributed by atoms with Crippen LogP contribution in [-0.2, 0) is 0 Å². The number of primary amides is 1. The number of piperidine rings is 1. The summed E-state index contributed by atoms with van der Waals surface area (Å²) < 4.78 is 8.02. The van der Waals surface area contributed by atoms with Crippen molar-refractivity contribution in [2.75, 3.05) is 24.1 Å². The number of nitrogens with zero attached hydrogens (tertiary/aromatic N) is 5. The number of carbonyl (C=O) groups is 1. The first-order chi connectivity index (χ1) is 16.9. The Hall–Kier alpha value is -3.66. The summed E-state index contributed by atoms with van der Waals surface area (Å²) in [4.78, 5) is 24.0. The summed E-state index contributed by atoms with van der Waals surface area (Å²) in [7, 11) is 0. The Kier molecular flexibility index (Phi) is 6.29. The number of ether oxygens (including phenoxy) is 1. The van der Waals surface area contributed by atoms with Gasteiger partial charge in [0.1, 0.15) is 11.4 Å². The van der Waals surface area contributed by atoms with Crippen molar-refractivity contribution in [2.24, 2.45) is 5.73 Å². The van der Waals surface area contributed by atoms with Gasteiger partial charge in [0.25, 0.3) is 5.91 Å². The van der Waals surface area contributed by atoms with E-state index in [4.69, 9.17) is 16.2 Å². The lowest BCUT2D eigenvalue weighted by atomic mass is 10.1. The summed E-state index contributed by atoms with van der Waals surface area (Å²) in [5.74, 6) is 0.332. The van der Waals surface area contributed by atoms with Crippen LogP contribution in [0, 0.1) is 0 Å². The van der Waals surface area contributed by atoms with Gasteiger partial charge in [0.15, 0.2) is 11.5 Å². The van der Waals surface area contributed by atoms with E-state index in [9.17, 15) is 4.79 Å². The standard InChI is InChI=1S/C25H32N8O2/c1-15(2)21-25(35-20-5-3-4-16(26)12-20)31-24(22(30-21)23(27)34)29-17-13-28-33(14-17)19-8-10-32(11-9-19)18-6-7-18/h3-5,12-15,18-19H,6-11,26H2,1-2H3,(H2,27,34)(H,29,31). The van der Waals surface area contributed by atoms with Crippen LogP contribution >= 0.6 is 0 Å². The van der Waals surface area contributed by atoms with Crippen molar-refractivity contribution >= 4 is 23.1 Å². The molecule has 10 nitrogen and oxygen atoms in total. The van der Waals surface area contributed by atoms with Gasteiger partial charge in [-0.25, -0.2) is 4.98 Å². The Bertz CT molecular complexity index is 1210. The number of likely N-dealkylation sites (tertiary alicyclic amines) is 1. The smallest absolute Gasteiger partial charge is 0.271 e. The van der Waals surface area contributed by atoms with Crippen molar-refractivity contribution in [3.63, 3.8) is 0 Å². The average Bonchev–Trinajstić information content (AvgIpc) is 3.58. The molecule has 2 aromatic heterocycles. The summed E-state index contributed by atoms with van der Waals surface area (Å²) in [6.45, 7) is 6.12. The maximum atomic E-state index is 12.2. The highest BCUT2D eigenvalue weighted by molar-refractivity contribution is 5.96. The second kappa shape index (κ2) is 9.53. The summed E-state index contributed by atoms with van der Waals surface area (Å²) >= 11 is 0. The van der Waals surface area contributed by atoms with Crippen LogP contribution in [0.3, 0.4) is 0 Å². The van der Waals surface area contributed by atoms with Crippen molar-refractivity contribution in [1.82, 2.24) is 24.6 Å². The fourth-order valence-corrected chi connectivity index (χ4v) is 4.53. The lowest BCUT2D eigenvalue weighted by Gasteiger charge is -2.32. The van der Waals surface area contributed by atoms with Crippen LogP contribution in [0.15, 0.2) is 36.7 Å². The molecule has 0 spiro atoms. The third-order valence-electron chi connectivity index (χ3n) is 6.54. The highest BCUT2D eigenvalue weighted by atomic mass is 16.5. The second-order valence-corrected chi connectivity index (χ2v) is 9.64. The Morgan fingerprint density at radius 2 is 1.91 bits per heavy atom. The summed E-state index contributed by atoms with van der Waals surface area (Å²) in [6, 6.07) is 8.23. The van der Waals surface area contributed by atoms with Crippen molar-refractivity contribution in [3.8, 4) is 11.6 Å². The first kappa shape index (κ1) is 23.1. The van der Waals surface area contributed by atoms with Crippen LogP contribution in [0.4, 0.5) is 17.2 Å². The molecule has 1 saturated carbocycles. The van der Waals surface area contributed by atoms with Crippen molar-refractivity contribution in [3.05, 3.63) is 48.0 Å². The van der Waals surface area contributed by atoms with Gasteiger partial charge in [0.2, 0.25) is 5.88 Å². The normalized spacial score (nSPS) is 17.0. The number of nitrogens with one attached hydrogen (secondary N) is 1. The van der Waals surface area contributed by atoms with Gasteiger partial charge in [-0.2, -0.15) is 10.1 Å². The first-order valence-corrected chi connectivity index (χ1v) is 12.2. The van der Waals surface area contributed by atoms with E-state index in [1.807, 2.05) is 24.7 Å². The number of nitrogens with two attached hydrogens (primary N) is 2. The van der Waals surface area contributed by atoms with Gasteiger partial charge in [-0.05, 0) is 37.8 Å². The van der Waals surface area contributed by atoms with Gasteiger partial charge >= 0.3 is 0 Å². The van der Waals surface area contributed by atoms with Crippen molar-refractivity contribution < 1.29 is 9.53 Å². The van der Waals surface area contributed by atoms with E-state index >= 15 is 0 Å². The Balaban J connectivity index is 1.39. The van der Waals surface area contributed by atoms with E-state index in [1.54, 1.807) is 30.5 Å². The zero-order chi connectivity index (χ0) is 24.5. The molecule has 3 aromatic rings. The molecular formula is C25H32N8O2. The fraction of sp³-hybridized carbons (Fsp3) is 0.440. The molecule has 1 aromatic carbocycles. The average molecular weight is 477 g/mol. The predicted molar refractivity (Wildman–Crippen MR) is 134 cm³/mol.